The molecule has 7 heteroatoms. The Labute approximate surface area is 170 Å². The molecule has 0 atom stereocenters. The van der Waals surface area contributed by atoms with Gasteiger partial charge in [0, 0.05) is 51.0 Å². The Morgan fingerprint density at radius 2 is 1.31 bits per heavy atom. The van der Waals surface area contributed by atoms with Gasteiger partial charge in [-0.1, -0.05) is 18.2 Å². The number of amides is 3. The van der Waals surface area contributed by atoms with Crippen LogP contribution in [0, 0.1) is 0 Å². The molecule has 0 saturated carbocycles. The Balaban J connectivity index is 1.36. The first kappa shape index (κ1) is 19.2. The maximum Gasteiger partial charge on any atom is 0.270 e. The fourth-order valence-corrected chi connectivity index (χ4v) is 4.00. The average molecular weight is 394 g/mol. The van der Waals surface area contributed by atoms with Gasteiger partial charge in [-0.25, -0.2) is 0 Å². The first-order valence-corrected chi connectivity index (χ1v) is 10.2. The fourth-order valence-electron chi connectivity index (χ4n) is 4.00. The molecule has 0 N–H and O–H groups in total. The van der Waals surface area contributed by atoms with Crippen molar-refractivity contribution >= 4 is 17.7 Å². The predicted octanol–water partition coefficient (Wildman–Crippen LogP) is 1.71. The molecule has 0 unspecified atom stereocenters. The van der Waals surface area contributed by atoms with E-state index in [9.17, 15) is 14.4 Å². The lowest BCUT2D eigenvalue weighted by molar-refractivity contribution is -0.130. The maximum atomic E-state index is 13.0. The molecule has 2 aliphatic heterocycles. The summed E-state index contributed by atoms with van der Waals surface area (Å²) in [5, 5.41) is 0. The molecule has 4 rings (SSSR count). The van der Waals surface area contributed by atoms with Gasteiger partial charge in [0.15, 0.2) is 0 Å². The molecule has 2 fully saturated rings. The summed E-state index contributed by atoms with van der Waals surface area (Å²) >= 11 is 0. The normalized spacial score (nSPS) is 16.9. The molecule has 2 aromatic rings. The molecule has 0 radical (unpaired) electrons. The Kier molecular flexibility index (Phi) is 5.64. The molecule has 3 amide bonds. The Bertz CT molecular complexity index is 878. The van der Waals surface area contributed by atoms with Crippen molar-refractivity contribution in [3.8, 4) is 0 Å². The Morgan fingerprint density at radius 3 is 1.97 bits per heavy atom. The summed E-state index contributed by atoms with van der Waals surface area (Å²) in [7, 11) is 0. The highest BCUT2D eigenvalue weighted by molar-refractivity contribution is 5.95. The number of carbonyl (C=O) groups excluding carboxylic acids is 3. The van der Waals surface area contributed by atoms with E-state index < -0.39 is 0 Å². The molecule has 1 aromatic heterocycles. The van der Waals surface area contributed by atoms with Crippen LogP contribution in [0.4, 0.5) is 0 Å². The first-order valence-electron chi connectivity index (χ1n) is 10.2. The zero-order valence-corrected chi connectivity index (χ0v) is 16.5. The van der Waals surface area contributed by atoms with Gasteiger partial charge < -0.3 is 19.3 Å². The van der Waals surface area contributed by atoms with Crippen molar-refractivity contribution in [3.63, 3.8) is 0 Å². The summed E-state index contributed by atoms with van der Waals surface area (Å²) in [6, 6.07) is 12.8. The van der Waals surface area contributed by atoms with E-state index in [-0.39, 0.29) is 24.3 Å². The van der Waals surface area contributed by atoms with Crippen LogP contribution in [0.15, 0.2) is 48.7 Å². The van der Waals surface area contributed by atoms with Crippen LogP contribution in [-0.2, 0) is 11.3 Å². The smallest absolute Gasteiger partial charge is 0.270 e. The molecular weight excluding hydrogens is 368 g/mol. The molecule has 29 heavy (non-hydrogen) atoms. The fraction of sp³-hybridized carbons (Fsp3) is 0.409. The lowest BCUT2D eigenvalue weighted by Gasteiger charge is -2.35. The molecule has 2 aliphatic rings. The van der Waals surface area contributed by atoms with E-state index in [0.29, 0.717) is 37.4 Å². The molecule has 1 aromatic carbocycles. The van der Waals surface area contributed by atoms with Crippen LogP contribution in [0.3, 0.4) is 0 Å². The van der Waals surface area contributed by atoms with Crippen LogP contribution in [0.25, 0.3) is 0 Å². The van der Waals surface area contributed by atoms with Crippen molar-refractivity contribution < 1.29 is 14.4 Å². The first-order chi connectivity index (χ1) is 14.1. The molecule has 0 aliphatic carbocycles. The van der Waals surface area contributed by atoms with Crippen LogP contribution in [-0.4, -0.2) is 76.3 Å². The van der Waals surface area contributed by atoms with E-state index in [1.165, 1.54) is 0 Å². The third kappa shape index (κ3) is 4.18. The number of carbonyl (C=O) groups is 3. The van der Waals surface area contributed by atoms with Crippen molar-refractivity contribution in [1.82, 2.24) is 19.3 Å². The molecule has 3 heterocycles. The van der Waals surface area contributed by atoms with Gasteiger partial charge in [0.1, 0.15) is 12.2 Å². The van der Waals surface area contributed by atoms with Gasteiger partial charge in [0.05, 0.1) is 0 Å². The number of rotatable bonds is 4. The van der Waals surface area contributed by atoms with E-state index >= 15 is 0 Å². The monoisotopic (exact) mass is 394 g/mol. The van der Waals surface area contributed by atoms with E-state index in [2.05, 4.69) is 0 Å². The van der Waals surface area contributed by atoms with Gasteiger partial charge in [-0.2, -0.15) is 0 Å². The van der Waals surface area contributed by atoms with Gasteiger partial charge in [-0.15, -0.1) is 0 Å². The highest BCUT2D eigenvalue weighted by Gasteiger charge is 2.27. The summed E-state index contributed by atoms with van der Waals surface area (Å²) in [4.78, 5) is 43.5. The van der Waals surface area contributed by atoms with Gasteiger partial charge in [-0.3, -0.25) is 14.4 Å². The summed E-state index contributed by atoms with van der Waals surface area (Å²) in [6.07, 6.45) is 3.89. The number of hydrogen-bond acceptors (Lipinski definition) is 3. The summed E-state index contributed by atoms with van der Waals surface area (Å²) in [6.45, 7) is 3.80. The zero-order valence-electron chi connectivity index (χ0n) is 16.5. The minimum atomic E-state index is -0.0870. The Morgan fingerprint density at radius 1 is 0.690 bits per heavy atom. The maximum absolute atomic E-state index is 13.0. The molecule has 152 valence electrons. The third-order valence-electron chi connectivity index (χ3n) is 5.69. The zero-order chi connectivity index (χ0) is 20.2. The van der Waals surface area contributed by atoms with Crippen molar-refractivity contribution in [3.05, 3.63) is 59.9 Å². The van der Waals surface area contributed by atoms with Gasteiger partial charge in [-0.05, 0) is 37.1 Å². The predicted molar refractivity (Wildman–Crippen MR) is 108 cm³/mol. The van der Waals surface area contributed by atoms with Crippen molar-refractivity contribution in [2.24, 2.45) is 0 Å². The van der Waals surface area contributed by atoms with Gasteiger partial charge >= 0.3 is 0 Å². The quantitative estimate of drug-likeness (QED) is 0.793. The summed E-state index contributed by atoms with van der Waals surface area (Å²) in [5.74, 6) is -0.0284. The van der Waals surface area contributed by atoms with E-state index in [4.69, 9.17) is 0 Å². The number of hydrogen-bond donors (Lipinski definition) is 0. The minimum Gasteiger partial charge on any atom is -0.341 e. The number of aromatic nitrogens is 1. The van der Waals surface area contributed by atoms with Gasteiger partial charge in [0.25, 0.3) is 11.8 Å². The van der Waals surface area contributed by atoms with E-state index in [0.717, 1.165) is 25.9 Å². The molecule has 0 bridgehead atoms. The standard InChI is InChI=1S/C22H26N4O3/c27-20(23-10-4-5-11-23)17-26-12-6-9-19(26)22(29)25-15-13-24(14-16-25)21(28)18-7-2-1-3-8-18/h1-3,6-9,12H,4-5,10-11,13-17H2. The summed E-state index contributed by atoms with van der Waals surface area (Å²) < 4.78 is 1.74. The van der Waals surface area contributed by atoms with Gasteiger partial charge in [0.2, 0.25) is 5.91 Å². The molecule has 0 spiro atoms. The minimum absolute atomic E-state index is 0.00251. The lowest BCUT2D eigenvalue weighted by atomic mass is 10.2. The van der Waals surface area contributed by atoms with Crippen LogP contribution < -0.4 is 0 Å². The van der Waals surface area contributed by atoms with Crippen LogP contribution in [0.2, 0.25) is 0 Å². The second-order valence-electron chi connectivity index (χ2n) is 7.56. The largest absolute Gasteiger partial charge is 0.341 e. The molecule has 2 saturated heterocycles. The highest BCUT2D eigenvalue weighted by Crippen LogP contribution is 2.14. The van der Waals surface area contributed by atoms with Crippen molar-refractivity contribution in [1.29, 1.82) is 0 Å². The number of nitrogens with zero attached hydrogens (tertiary/aromatic N) is 4. The Hall–Kier alpha value is -3.09. The van der Waals surface area contributed by atoms with Crippen LogP contribution in [0.5, 0.6) is 0 Å². The second kappa shape index (κ2) is 8.51. The lowest BCUT2D eigenvalue weighted by Crippen LogP contribution is -2.51. The number of likely N-dealkylation sites (tertiary alicyclic amines) is 1. The second-order valence-corrected chi connectivity index (χ2v) is 7.56. The SMILES string of the molecule is O=C(Cn1cccc1C(=O)N1CCN(C(=O)c2ccccc2)CC1)N1CCCC1. The molecular formula is C22H26N4O3. The third-order valence-corrected chi connectivity index (χ3v) is 5.69. The van der Waals surface area contributed by atoms with E-state index in [1.54, 1.807) is 32.7 Å². The number of piperazine rings is 1. The number of benzene rings is 1. The van der Waals surface area contributed by atoms with Crippen LogP contribution >= 0.6 is 0 Å². The van der Waals surface area contributed by atoms with Crippen molar-refractivity contribution in [2.45, 2.75) is 19.4 Å². The topological polar surface area (TPSA) is 65.9 Å². The van der Waals surface area contributed by atoms with Crippen LogP contribution in [0.1, 0.15) is 33.7 Å². The highest BCUT2D eigenvalue weighted by atomic mass is 16.2. The summed E-state index contributed by atoms with van der Waals surface area (Å²) in [5.41, 5.74) is 1.20. The average Bonchev–Trinajstić information content (AvgIpc) is 3.46. The van der Waals surface area contributed by atoms with E-state index in [1.807, 2.05) is 35.2 Å². The van der Waals surface area contributed by atoms with Crippen molar-refractivity contribution in [2.75, 3.05) is 39.3 Å². The molecule has 7 nitrogen and oxygen atoms in total.